The van der Waals surface area contributed by atoms with Crippen molar-refractivity contribution in [3.63, 3.8) is 0 Å². The third-order valence-electron chi connectivity index (χ3n) is 4.45. The fourth-order valence-corrected chi connectivity index (χ4v) is 4.16. The molecule has 1 fully saturated rings. The molecule has 2 atom stereocenters. The molecule has 8 nitrogen and oxygen atoms in total. The number of anilines is 1. The van der Waals surface area contributed by atoms with Crippen molar-refractivity contribution < 1.29 is 14.7 Å². The highest BCUT2D eigenvalue weighted by atomic mass is 32.2. The number of amides is 1. The third kappa shape index (κ3) is 4.17. The lowest BCUT2D eigenvalue weighted by Crippen LogP contribution is -2.24. The van der Waals surface area contributed by atoms with E-state index in [4.69, 9.17) is 10.6 Å². The second kappa shape index (κ2) is 8.93. The number of rotatable bonds is 6. The molecule has 1 aliphatic rings. The van der Waals surface area contributed by atoms with Gasteiger partial charge >= 0.3 is 0 Å². The number of nitriles is 2. The highest BCUT2D eigenvalue weighted by Gasteiger charge is 2.30. The summed E-state index contributed by atoms with van der Waals surface area (Å²) >= 11 is 1.06. The first-order valence-electron chi connectivity index (χ1n) is 8.96. The molecule has 9 heteroatoms. The molecule has 1 aromatic heterocycles. The van der Waals surface area contributed by atoms with Gasteiger partial charge in [-0.05, 0) is 17.5 Å². The summed E-state index contributed by atoms with van der Waals surface area (Å²) in [6, 6.07) is 13.2. The molecular weight excluding hydrogens is 390 g/mol. The van der Waals surface area contributed by atoms with Crippen LogP contribution in [-0.4, -0.2) is 35.3 Å². The smallest absolute Gasteiger partial charge is 0.235 e. The molecule has 1 aromatic carbocycles. The van der Waals surface area contributed by atoms with Crippen LogP contribution in [0.25, 0.3) is 0 Å². The summed E-state index contributed by atoms with van der Waals surface area (Å²) in [6.45, 7) is 2.07. The number of hydroxylamine groups is 1. The van der Waals surface area contributed by atoms with Crippen molar-refractivity contribution in [2.45, 2.75) is 29.7 Å². The van der Waals surface area contributed by atoms with Crippen LogP contribution in [0, 0.1) is 22.7 Å². The second-order valence-corrected chi connectivity index (χ2v) is 7.46. The number of hydrogen-bond acceptors (Lipinski definition) is 8. The normalized spacial score (nSPS) is 16.8. The molecule has 0 spiro atoms. The average Bonchev–Trinajstić information content (AvgIpc) is 3.17. The summed E-state index contributed by atoms with van der Waals surface area (Å²) in [7, 11) is 0. The topological polar surface area (TPSA) is 136 Å². The molecule has 1 saturated heterocycles. The number of primary amides is 1. The summed E-state index contributed by atoms with van der Waals surface area (Å²) in [5.74, 6) is -0.345. The third-order valence-corrected chi connectivity index (χ3v) is 5.71. The summed E-state index contributed by atoms with van der Waals surface area (Å²) in [5.41, 5.74) is 7.28. The molecule has 1 amide bonds. The minimum atomic E-state index is -0.758. The van der Waals surface area contributed by atoms with Gasteiger partial charge in [-0.25, -0.2) is 10.0 Å². The standard InChI is InChI=1S/C20H19N5O3S/c1-2-14-15(8-21)19(25-10-13(26)11-28-25)24-20(16(14)9-22)29-17(18(23)27)12-6-4-3-5-7-12/h3-7,13,17,26H,2,10-11H2,1H3,(H2,23,27). The van der Waals surface area contributed by atoms with E-state index in [1.165, 1.54) is 5.06 Å². The Hall–Kier alpha value is -3.11. The molecule has 0 radical (unpaired) electrons. The van der Waals surface area contributed by atoms with Crippen molar-refractivity contribution in [3.05, 3.63) is 52.6 Å². The van der Waals surface area contributed by atoms with Crippen LogP contribution in [0.5, 0.6) is 0 Å². The molecule has 0 saturated carbocycles. The predicted octanol–water partition coefficient (Wildman–Crippen LogP) is 1.82. The van der Waals surface area contributed by atoms with Gasteiger partial charge in [-0.3, -0.25) is 9.63 Å². The van der Waals surface area contributed by atoms with E-state index in [9.17, 15) is 20.4 Å². The summed E-state index contributed by atoms with van der Waals surface area (Å²) in [6.07, 6.45) is -0.291. The van der Waals surface area contributed by atoms with E-state index in [0.29, 0.717) is 17.5 Å². The summed E-state index contributed by atoms with van der Waals surface area (Å²) < 4.78 is 0. The van der Waals surface area contributed by atoms with Crippen molar-refractivity contribution >= 4 is 23.5 Å². The number of aliphatic hydroxyl groups excluding tert-OH is 1. The minimum Gasteiger partial charge on any atom is -0.389 e. The van der Waals surface area contributed by atoms with E-state index in [-0.39, 0.29) is 35.1 Å². The number of carbonyl (C=O) groups excluding carboxylic acids is 1. The molecule has 2 unspecified atom stereocenters. The van der Waals surface area contributed by atoms with E-state index in [1.807, 2.05) is 13.0 Å². The number of aliphatic hydroxyl groups is 1. The molecule has 3 rings (SSSR count). The molecule has 1 aliphatic heterocycles. The molecular formula is C20H19N5O3S. The summed E-state index contributed by atoms with van der Waals surface area (Å²) in [5, 5.41) is 30.1. The Morgan fingerprint density at radius 2 is 2.07 bits per heavy atom. The zero-order valence-corrected chi connectivity index (χ0v) is 16.5. The number of hydrogen-bond donors (Lipinski definition) is 2. The van der Waals surface area contributed by atoms with Crippen LogP contribution < -0.4 is 10.8 Å². The summed E-state index contributed by atoms with van der Waals surface area (Å²) in [4.78, 5) is 22.1. The van der Waals surface area contributed by atoms with Gasteiger partial charge in [0.25, 0.3) is 0 Å². The second-order valence-electron chi connectivity index (χ2n) is 6.37. The fraction of sp³-hybridized carbons (Fsp3) is 0.300. The molecule has 0 aliphatic carbocycles. The van der Waals surface area contributed by atoms with Gasteiger partial charge < -0.3 is 10.8 Å². The first kappa shape index (κ1) is 20.6. The molecule has 148 valence electrons. The molecule has 0 bridgehead atoms. The number of thioether (sulfide) groups is 1. The number of pyridine rings is 1. The predicted molar refractivity (Wildman–Crippen MR) is 107 cm³/mol. The Bertz CT molecular complexity index is 1000. The zero-order chi connectivity index (χ0) is 21.0. The monoisotopic (exact) mass is 409 g/mol. The Kier molecular flexibility index (Phi) is 6.35. The SMILES string of the molecule is CCc1c(C#N)c(SC(C(N)=O)c2ccccc2)nc(N2CC(O)CO2)c1C#N. The number of carbonyl (C=O) groups is 1. The Balaban J connectivity index is 2.13. The first-order chi connectivity index (χ1) is 14.0. The maximum absolute atomic E-state index is 12.1. The van der Waals surface area contributed by atoms with Crippen molar-refractivity contribution in [2.75, 3.05) is 18.2 Å². The van der Waals surface area contributed by atoms with E-state index in [1.54, 1.807) is 24.3 Å². The largest absolute Gasteiger partial charge is 0.389 e. The van der Waals surface area contributed by atoms with Crippen LogP contribution in [0.15, 0.2) is 35.4 Å². The molecule has 29 heavy (non-hydrogen) atoms. The number of nitrogens with zero attached hydrogens (tertiary/aromatic N) is 4. The van der Waals surface area contributed by atoms with Crippen molar-refractivity contribution in [2.24, 2.45) is 5.73 Å². The van der Waals surface area contributed by atoms with Gasteiger partial charge in [0.1, 0.15) is 34.6 Å². The van der Waals surface area contributed by atoms with Crippen molar-refractivity contribution in [1.82, 2.24) is 4.98 Å². The van der Waals surface area contributed by atoms with Crippen molar-refractivity contribution in [3.8, 4) is 12.1 Å². The van der Waals surface area contributed by atoms with Crippen LogP contribution in [0.1, 0.15) is 34.4 Å². The highest BCUT2D eigenvalue weighted by Crippen LogP contribution is 2.39. The van der Waals surface area contributed by atoms with Gasteiger partial charge in [-0.1, -0.05) is 49.0 Å². The lowest BCUT2D eigenvalue weighted by molar-refractivity contribution is -0.117. The molecule has 2 aromatic rings. The Morgan fingerprint density at radius 3 is 2.59 bits per heavy atom. The van der Waals surface area contributed by atoms with E-state index >= 15 is 0 Å². The number of benzene rings is 1. The van der Waals surface area contributed by atoms with Gasteiger partial charge in [-0.2, -0.15) is 10.5 Å². The van der Waals surface area contributed by atoms with Crippen LogP contribution >= 0.6 is 11.8 Å². The lowest BCUT2D eigenvalue weighted by Gasteiger charge is -2.21. The van der Waals surface area contributed by atoms with Gasteiger partial charge in [0, 0.05) is 0 Å². The zero-order valence-electron chi connectivity index (χ0n) is 15.7. The number of β-amino-alcohol motifs (C(OH)–C–C–N with tert-alkyl or cyclic N) is 1. The maximum atomic E-state index is 12.1. The van der Waals surface area contributed by atoms with Crippen LogP contribution in [0.3, 0.4) is 0 Å². The maximum Gasteiger partial charge on any atom is 0.235 e. The molecule has 2 heterocycles. The van der Waals surface area contributed by atoms with E-state index in [2.05, 4.69) is 17.1 Å². The van der Waals surface area contributed by atoms with E-state index in [0.717, 1.165) is 11.8 Å². The van der Waals surface area contributed by atoms with E-state index < -0.39 is 17.3 Å². The molecule has 3 N–H and O–H groups in total. The Labute approximate surface area is 172 Å². The van der Waals surface area contributed by atoms with Crippen LogP contribution in [0.2, 0.25) is 0 Å². The Morgan fingerprint density at radius 1 is 1.38 bits per heavy atom. The fourth-order valence-electron chi connectivity index (χ4n) is 3.10. The van der Waals surface area contributed by atoms with Crippen LogP contribution in [0.4, 0.5) is 5.82 Å². The number of nitrogens with two attached hydrogens (primary N) is 1. The quantitative estimate of drug-likeness (QED) is 0.690. The number of aromatic nitrogens is 1. The average molecular weight is 409 g/mol. The lowest BCUT2D eigenvalue weighted by atomic mass is 10.0. The van der Waals surface area contributed by atoms with Gasteiger partial charge in [-0.15, -0.1) is 0 Å². The highest BCUT2D eigenvalue weighted by molar-refractivity contribution is 8.00. The van der Waals surface area contributed by atoms with Gasteiger partial charge in [0.15, 0.2) is 5.82 Å². The van der Waals surface area contributed by atoms with Gasteiger partial charge in [0.2, 0.25) is 5.91 Å². The first-order valence-corrected chi connectivity index (χ1v) is 9.84. The van der Waals surface area contributed by atoms with Crippen molar-refractivity contribution in [1.29, 1.82) is 10.5 Å². The van der Waals surface area contributed by atoms with Gasteiger partial charge in [0.05, 0.1) is 18.2 Å². The minimum absolute atomic E-state index is 0.0877. The van der Waals surface area contributed by atoms with Crippen LogP contribution in [-0.2, 0) is 16.1 Å².